The molecule has 1 aromatic rings. The van der Waals surface area contributed by atoms with Crippen LogP contribution >= 0.6 is 0 Å². The largest absolute Gasteiger partial charge is 0.444 e. The average molecular weight is 255 g/mol. The summed E-state index contributed by atoms with van der Waals surface area (Å²) < 4.78 is 9.73. The van der Waals surface area contributed by atoms with Gasteiger partial charge >= 0.3 is 6.09 Å². The number of ether oxygens (including phenoxy) is 1. The molecule has 1 N–H and O–H groups in total. The second-order valence-corrected chi connectivity index (χ2v) is 4.88. The van der Waals surface area contributed by atoms with Crippen molar-refractivity contribution in [2.75, 3.05) is 0 Å². The summed E-state index contributed by atoms with van der Waals surface area (Å²) in [5.74, 6) is -0.629. The Balaban J connectivity index is 2.58. The summed E-state index contributed by atoms with van der Waals surface area (Å²) in [7, 11) is 0. The summed E-state index contributed by atoms with van der Waals surface area (Å²) in [5, 5.41) is 5.74. The van der Waals surface area contributed by atoms with Crippen molar-refractivity contribution in [2.24, 2.45) is 0 Å². The van der Waals surface area contributed by atoms with Gasteiger partial charge in [-0.25, -0.2) is 4.79 Å². The van der Waals surface area contributed by atoms with Gasteiger partial charge in [-0.3, -0.25) is 10.1 Å². The highest BCUT2D eigenvalue weighted by atomic mass is 16.6. The number of rotatable bonds is 2. The number of hydrogen-bond donors (Lipinski definition) is 1. The molecule has 0 fully saturated rings. The van der Waals surface area contributed by atoms with E-state index in [9.17, 15) is 9.59 Å². The Morgan fingerprint density at radius 1 is 1.39 bits per heavy atom. The van der Waals surface area contributed by atoms with E-state index in [0.717, 1.165) is 0 Å². The number of carbonyl (C=O) groups excluding carboxylic acids is 2. The summed E-state index contributed by atoms with van der Waals surface area (Å²) >= 11 is 0. The fourth-order valence-electron chi connectivity index (χ4n) is 1.12. The first-order valence-electron chi connectivity index (χ1n) is 5.53. The van der Waals surface area contributed by atoms with Gasteiger partial charge in [0.2, 0.25) is 11.8 Å². The first kappa shape index (κ1) is 14.1. The molecule has 100 valence electrons. The summed E-state index contributed by atoms with van der Waals surface area (Å²) in [6.07, 6.45) is -0.792. The molecule has 0 bridgehead atoms. The smallest absolute Gasteiger partial charge is 0.414 e. The highest BCUT2D eigenvalue weighted by Gasteiger charge is 2.24. The third kappa shape index (κ3) is 4.15. The molecule has 0 saturated heterocycles. The zero-order valence-corrected chi connectivity index (χ0v) is 11.1. The van der Waals surface area contributed by atoms with Gasteiger partial charge in [-0.2, -0.15) is 4.98 Å². The first-order valence-corrected chi connectivity index (χ1v) is 5.53. The lowest BCUT2D eigenvalue weighted by molar-refractivity contribution is -0.122. The molecule has 0 spiro atoms. The lowest BCUT2D eigenvalue weighted by Crippen LogP contribution is -2.38. The zero-order valence-electron chi connectivity index (χ0n) is 11.1. The minimum absolute atomic E-state index is 0.230. The maximum absolute atomic E-state index is 11.7. The van der Waals surface area contributed by atoms with E-state index in [0.29, 0.717) is 5.89 Å². The van der Waals surface area contributed by atoms with Crippen molar-refractivity contribution in [3.8, 4) is 0 Å². The maximum atomic E-state index is 11.7. The van der Waals surface area contributed by atoms with E-state index in [4.69, 9.17) is 9.26 Å². The van der Waals surface area contributed by atoms with Crippen molar-refractivity contribution in [1.29, 1.82) is 0 Å². The van der Waals surface area contributed by atoms with E-state index in [1.165, 1.54) is 0 Å². The molecule has 0 radical (unpaired) electrons. The molecular formula is C11H17N3O4. The highest BCUT2D eigenvalue weighted by molar-refractivity contribution is 5.95. The molecule has 1 heterocycles. The van der Waals surface area contributed by atoms with Crippen LogP contribution in [0.2, 0.25) is 0 Å². The maximum Gasteiger partial charge on any atom is 0.414 e. The van der Waals surface area contributed by atoms with Gasteiger partial charge in [-0.15, -0.1) is 0 Å². The molecule has 1 atom stereocenters. The van der Waals surface area contributed by atoms with Crippen LogP contribution in [0.25, 0.3) is 0 Å². The van der Waals surface area contributed by atoms with Crippen molar-refractivity contribution >= 4 is 12.0 Å². The Bertz CT molecular complexity index is 447. The molecule has 1 rings (SSSR count). The van der Waals surface area contributed by atoms with Crippen LogP contribution < -0.4 is 5.32 Å². The van der Waals surface area contributed by atoms with Crippen molar-refractivity contribution in [3.05, 3.63) is 11.7 Å². The molecule has 0 aromatic carbocycles. The summed E-state index contributed by atoms with van der Waals surface area (Å²) in [6, 6.07) is 0. The minimum Gasteiger partial charge on any atom is -0.444 e. The van der Waals surface area contributed by atoms with Gasteiger partial charge < -0.3 is 9.26 Å². The third-order valence-corrected chi connectivity index (χ3v) is 1.95. The number of nitrogens with one attached hydrogen (secondary N) is 1. The fourth-order valence-corrected chi connectivity index (χ4v) is 1.12. The van der Waals surface area contributed by atoms with E-state index < -0.39 is 23.5 Å². The number of amides is 2. The molecule has 0 aliphatic rings. The summed E-state index contributed by atoms with van der Waals surface area (Å²) in [5.41, 5.74) is -0.656. The Hall–Kier alpha value is -1.92. The van der Waals surface area contributed by atoms with Gasteiger partial charge in [0.25, 0.3) is 0 Å². The fraction of sp³-hybridized carbons (Fsp3) is 0.636. The number of imide groups is 1. The van der Waals surface area contributed by atoms with Gasteiger partial charge in [0.05, 0.1) is 5.92 Å². The molecule has 7 nitrogen and oxygen atoms in total. The van der Waals surface area contributed by atoms with Crippen LogP contribution in [0.5, 0.6) is 0 Å². The van der Waals surface area contributed by atoms with Crippen molar-refractivity contribution < 1.29 is 18.8 Å². The van der Waals surface area contributed by atoms with Crippen LogP contribution in [0.1, 0.15) is 45.3 Å². The van der Waals surface area contributed by atoms with E-state index >= 15 is 0 Å². The number of aromatic nitrogens is 2. The molecule has 0 aliphatic carbocycles. The van der Waals surface area contributed by atoms with Crippen LogP contribution in [-0.4, -0.2) is 27.7 Å². The lowest BCUT2D eigenvalue weighted by atomic mass is 10.1. The van der Waals surface area contributed by atoms with E-state index in [1.54, 1.807) is 34.6 Å². The number of aryl methyl sites for hydroxylation is 1. The van der Waals surface area contributed by atoms with E-state index in [2.05, 4.69) is 15.5 Å². The Kier molecular flexibility index (Phi) is 4.05. The predicted molar refractivity (Wildman–Crippen MR) is 61.8 cm³/mol. The molecule has 0 saturated carbocycles. The second kappa shape index (κ2) is 5.16. The second-order valence-electron chi connectivity index (χ2n) is 4.88. The minimum atomic E-state index is -0.792. The lowest BCUT2D eigenvalue weighted by Gasteiger charge is -2.19. The summed E-state index contributed by atoms with van der Waals surface area (Å²) in [6.45, 7) is 8.33. The number of nitrogens with zero attached hydrogens (tertiary/aromatic N) is 2. The topological polar surface area (TPSA) is 94.3 Å². The number of hydrogen-bond acceptors (Lipinski definition) is 6. The molecule has 0 aliphatic heterocycles. The third-order valence-electron chi connectivity index (χ3n) is 1.95. The molecule has 1 aromatic heterocycles. The molecular weight excluding hydrogens is 238 g/mol. The van der Waals surface area contributed by atoms with Crippen LogP contribution in [0.4, 0.5) is 4.79 Å². The SMILES string of the molecule is Cc1nc(C(C)C(=O)NC(=O)OC(C)(C)C)no1. The normalized spacial score (nSPS) is 12.9. The first-order chi connectivity index (χ1) is 8.19. The molecule has 2 amide bonds. The van der Waals surface area contributed by atoms with Gasteiger partial charge in [0, 0.05) is 6.92 Å². The van der Waals surface area contributed by atoms with Crippen molar-refractivity contribution in [1.82, 2.24) is 15.5 Å². The predicted octanol–water partition coefficient (Wildman–Crippen LogP) is 1.53. The molecule has 18 heavy (non-hydrogen) atoms. The zero-order chi connectivity index (χ0) is 13.9. The van der Waals surface area contributed by atoms with Crippen molar-refractivity contribution in [2.45, 2.75) is 46.1 Å². The van der Waals surface area contributed by atoms with Crippen LogP contribution in [0.3, 0.4) is 0 Å². The van der Waals surface area contributed by atoms with Crippen LogP contribution in [0, 0.1) is 6.92 Å². The van der Waals surface area contributed by atoms with E-state index in [1.807, 2.05) is 0 Å². The average Bonchev–Trinajstić information content (AvgIpc) is 2.60. The van der Waals surface area contributed by atoms with E-state index in [-0.39, 0.29) is 5.82 Å². The van der Waals surface area contributed by atoms with Crippen LogP contribution in [0.15, 0.2) is 4.52 Å². The van der Waals surface area contributed by atoms with Gasteiger partial charge in [-0.1, -0.05) is 5.16 Å². The molecule has 7 heteroatoms. The Morgan fingerprint density at radius 3 is 2.44 bits per heavy atom. The van der Waals surface area contributed by atoms with Crippen molar-refractivity contribution in [3.63, 3.8) is 0 Å². The van der Waals surface area contributed by atoms with Gasteiger partial charge in [-0.05, 0) is 27.7 Å². The Labute approximate surface area is 105 Å². The standard InChI is InChI=1S/C11H17N3O4/c1-6(8-12-7(2)18-14-8)9(15)13-10(16)17-11(3,4)5/h6H,1-5H3,(H,13,15,16). The monoisotopic (exact) mass is 255 g/mol. The highest BCUT2D eigenvalue weighted by Crippen LogP contribution is 2.12. The Morgan fingerprint density at radius 2 is 2.00 bits per heavy atom. The van der Waals surface area contributed by atoms with Gasteiger partial charge in [0.15, 0.2) is 5.82 Å². The summed E-state index contributed by atoms with van der Waals surface area (Å²) in [4.78, 5) is 27.0. The van der Waals surface area contributed by atoms with Gasteiger partial charge in [0.1, 0.15) is 5.60 Å². The molecule has 1 unspecified atom stereocenters. The number of alkyl carbamates (subject to hydrolysis) is 1. The van der Waals surface area contributed by atoms with Crippen LogP contribution in [-0.2, 0) is 9.53 Å². The quantitative estimate of drug-likeness (QED) is 0.861. The number of carbonyl (C=O) groups is 2.